The number of benzene rings is 1. The summed E-state index contributed by atoms with van der Waals surface area (Å²) >= 11 is 0. The highest BCUT2D eigenvalue weighted by molar-refractivity contribution is 5.73. The molecule has 1 amide bonds. The fourth-order valence-electron chi connectivity index (χ4n) is 1.27. The molecule has 1 rings (SSSR count). The molecule has 0 aromatic heterocycles. The zero-order valence-electron chi connectivity index (χ0n) is 9.99. The zero-order chi connectivity index (χ0) is 14.5. The van der Waals surface area contributed by atoms with E-state index in [1.165, 1.54) is 19.1 Å². The van der Waals surface area contributed by atoms with E-state index in [1.54, 1.807) is 0 Å². The van der Waals surface area contributed by atoms with Crippen molar-refractivity contribution in [1.82, 2.24) is 5.32 Å². The maximum Gasteiger partial charge on any atom is 0.573 e. The highest BCUT2D eigenvalue weighted by Crippen LogP contribution is 2.29. The summed E-state index contributed by atoms with van der Waals surface area (Å²) in [7, 11) is 0. The number of carbonyl (C=O) groups is 1. The van der Waals surface area contributed by atoms with Gasteiger partial charge in [-0.25, -0.2) is 0 Å². The molecule has 4 nitrogen and oxygen atoms in total. The predicted octanol–water partition coefficient (Wildman–Crippen LogP) is 2.44. The van der Waals surface area contributed by atoms with E-state index in [-0.39, 0.29) is 23.8 Å². The molecule has 0 unspecified atom stereocenters. The number of alkyl halides is 3. The summed E-state index contributed by atoms with van der Waals surface area (Å²) in [5.74, 6) is -0.870. The van der Waals surface area contributed by atoms with Crippen LogP contribution in [0.3, 0.4) is 0 Å². The number of phenolic OH excluding ortho intramolecular Hbond substituents is 1. The molecular weight excluding hydrogens is 263 g/mol. The molecule has 7 heteroatoms. The molecule has 104 valence electrons. The van der Waals surface area contributed by atoms with Gasteiger partial charge < -0.3 is 15.2 Å². The highest BCUT2D eigenvalue weighted by atomic mass is 19.4. The largest absolute Gasteiger partial charge is 0.573 e. The number of nitrogens with one attached hydrogen (secondary N) is 1. The smallest absolute Gasteiger partial charge is 0.508 e. The number of carbonyl (C=O) groups excluding carboxylic acids is 1. The van der Waals surface area contributed by atoms with Gasteiger partial charge in [-0.05, 0) is 18.2 Å². The predicted molar refractivity (Wildman–Crippen MR) is 62.5 cm³/mol. The highest BCUT2D eigenvalue weighted by Gasteiger charge is 2.31. The van der Waals surface area contributed by atoms with Crippen molar-refractivity contribution in [2.45, 2.75) is 13.3 Å². The third-order valence-corrected chi connectivity index (χ3v) is 1.99. The summed E-state index contributed by atoms with van der Waals surface area (Å²) < 4.78 is 40.3. The number of amides is 1. The molecule has 1 aromatic carbocycles. The lowest BCUT2D eigenvalue weighted by Crippen LogP contribution is -2.19. The van der Waals surface area contributed by atoms with Gasteiger partial charge >= 0.3 is 6.36 Å². The third kappa shape index (κ3) is 5.80. The summed E-state index contributed by atoms with van der Waals surface area (Å²) in [4.78, 5) is 10.6. The van der Waals surface area contributed by atoms with Crippen molar-refractivity contribution in [2.75, 3.05) is 6.54 Å². The zero-order valence-corrected chi connectivity index (χ0v) is 9.99. The second-order valence-electron chi connectivity index (χ2n) is 3.61. The Balaban J connectivity index is 2.85. The van der Waals surface area contributed by atoms with Gasteiger partial charge in [0, 0.05) is 19.0 Å². The van der Waals surface area contributed by atoms with Crippen LogP contribution >= 0.6 is 0 Å². The van der Waals surface area contributed by atoms with Crippen LogP contribution in [-0.2, 0) is 4.79 Å². The number of aromatic hydroxyl groups is 1. The van der Waals surface area contributed by atoms with Crippen LogP contribution < -0.4 is 10.1 Å². The minimum atomic E-state index is -4.81. The monoisotopic (exact) mass is 275 g/mol. The van der Waals surface area contributed by atoms with E-state index in [0.717, 1.165) is 18.2 Å². The van der Waals surface area contributed by atoms with Crippen LogP contribution in [0.2, 0.25) is 0 Å². The summed E-state index contributed by atoms with van der Waals surface area (Å²) in [5, 5.41) is 11.7. The van der Waals surface area contributed by atoms with E-state index in [2.05, 4.69) is 10.1 Å². The minimum Gasteiger partial charge on any atom is -0.508 e. The number of hydrogen-bond donors (Lipinski definition) is 2. The van der Waals surface area contributed by atoms with Crippen LogP contribution in [0.25, 0.3) is 6.08 Å². The van der Waals surface area contributed by atoms with Gasteiger partial charge in [-0.2, -0.15) is 0 Å². The molecule has 1 aromatic rings. The molecule has 0 radical (unpaired) electrons. The van der Waals surface area contributed by atoms with Crippen molar-refractivity contribution in [2.24, 2.45) is 0 Å². The van der Waals surface area contributed by atoms with Crippen molar-refractivity contribution in [1.29, 1.82) is 0 Å². The Labute approximate surface area is 107 Å². The van der Waals surface area contributed by atoms with E-state index in [0.29, 0.717) is 0 Å². The van der Waals surface area contributed by atoms with Gasteiger partial charge in [-0.3, -0.25) is 4.79 Å². The summed E-state index contributed by atoms with van der Waals surface area (Å²) in [6.45, 7) is 1.48. The molecule has 19 heavy (non-hydrogen) atoms. The van der Waals surface area contributed by atoms with Crippen LogP contribution in [0.4, 0.5) is 13.2 Å². The van der Waals surface area contributed by atoms with Gasteiger partial charge in [0.1, 0.15) is 11.5 Å². The van der Waals surface area contributed by atoms with E-state index in [4.69, 9.17) is 0 Å². The second kappa shape index (κ2) is 6.12. The maximum absolute atomic E-state index is 12.2. The molecule has 0 bridgehead atoms. The normalized spacial score (nSPS) is 11.6. The molecule has 0 aliphatic carbocycles. The number of rotatable bonds is 4. The molecule has 0 atom stereocenters. The first-order valence-corrected chi connectivity index (χ1v) is 5.27. The Hall–Kier alpha value is -2.18. The summed E-state index contributed by atoms with van der Waals surface area (Å²) in [5.41, 5.74) is 0.0580. The van der Waals surface area contributed by atoms with Gasteiger partial charge in [0.05, 0.1) is 0 Å². The van der Waals surface area contributed by atoms with Gasteiger partial charge in [-0.15, -0.1) is 13.2 Å². The average Bonchev–Trinajstić information content (AvgIpc) is 2.26. The third-order valence-electron chi connectivity index (χ3n) is 1.99. The Morgan fingerprint density at radius 2 is 2.16 bits per heavy atom. The average molecular weight is 275 g/mol. The Kier molecular flexibility index (Phi) is 4.80. The Bertz CT molecular complexity index is 484. The number of phenols is 1. The van der Waals surface area contributed by atoms with Gasteiger partial charge in [-0.1, -0.05) is 12.2 Å². The van der Waals surface area contributed by atoms with Gasteiger partial charge in [0.25, 0.3) is 0 Å². The lowest BCUT2D eigenvalue weighted by molar-refractivity contribution is -0.274. The van der Waals surface area contributed by atoms with E-state index in [1.807, 2.05) is 0 Å². The van der Waals surface area contributed by atoms with Crippen LogP contribution in [0.15, 0.2) is 24.3 Å². The lowest BCUT2D eigenvalue weighted by atomic mass is 10.1. The Morgan fingerprint density at radius 1 is 1.47 bits per heavy atom. The first-order chi connectivity index (χ1) is 8.78. The van der Waals surface area contributed by atoms with Crippen molar-refractivity contribution in [3.05, 3.63) is 29.8 Å². The maximum atomic E-state index is 12.2. The molecule has 0 saturated heterocycles. The molecule has 0 aliphatic heterocycles. The van der Waals surface area contributed by atoms with Gasteiger partial charge in [0.2, 0.25) is 5.91 Å². The van der Waals surface area contributed by atoms with E-state index in [9.17, 15) is 23.1 Å². The van der Waals surface area contributed by atoms with Crippen LogP contribution in [0.1, 0.15) is 12.5 Å². The molecule has 2 N–H and O–H groups in total. The standard InChI is InChI=1S/C12H12F3NO3/c1-8(17)16-6-2-3-9-7-10(18)4-5-11(9)19-12(13,14)15/h2-5,7,18H,6H2,1H3,(H,16,17). The Morgan fingerprint density at radius 3 is 2.74 bits per heavy atom. The fraction of sp³-hybridized carbons (Fsp3) is 0.250. The number of ether oxygens (including phenoxy) is 1. The summed E-state index contributed by atoms with van der Waals surface area (Å²) in [6.07, 6.45) is -2.05. The van der Waals surface area contributed by atoms with Crippen molar-refractivity contribution >= 4 is 12.0 Å². The molecule has 0 fully saturated rings. The molecule has 0 spiro atoms. The molecule has 0 saturated carbocycles. The SMILES string of the molecule is CC(=O)NCC=Cc1cc(O)ccc1OC(F)(F)F. The minimum absolute atomic E-state index is 0.0580. The van der Waals surface area contributed by atoms with Crippen molar-refractivity contribution in [3.63, 3.8) is 0 Å². The molecule has 0 aliphatic rings. The number of hydrogen-bond acceptors (Lipinski definition) is 3. The number of halogens is 3. The van der Waals surface area contributed by atoms with Gasteiger partial charge in [0.15, 0.2) is 0 Å². The van der Waals surface area contributed by atoms with Crippen molar-refractivity contribution < 1.29 is 27.8 Å². The first kappa shape index (κ1) is 14.9. The van der Waals surface area contributed by atoms with E-state index >= 15 is 0 Å². The van der Waals surface area contributed by atoms with E-state index < -0.39 is 12.1 Å². The first-order valence-electron chi connectivity index (χ1n) is 5.27. The quantitative estimate of drug-likeness (QED) is 0.887. The van der Waals surface area contributed by atoms with Crippen molar-refractivity contribution in [3.8, 4) is 11.5 Å². The molecular formula is C12H12F3NO3. The molecule has 0 heterocycles. The summed E-state index contributed by atoms with van der Waals surface area (Å²) in [6, 6.07) is 3.23. The van der Waals surface area contributed by atoms with Crippen LogP contribution in [0, 0.1) is 0 Å². The lowest BCUT2D eigenvalue weighted by Gasteiger charge is -2.11. The van der Waals surface area contributed by atoms with Crippen LogP contribution in [0.5, 0.6) is 11.5 Å². The topological polar surface area (TPSA) is 58.6 Å². The second-order valence-corrected chi connectivity index (χ2v) is 3.61. The van der Waals surface area contributed by atoms with Crippen LogP contribution in [-0.4, -0.2) is 23.9 Å². The fourth-order valence-corrected chi connectivity index (χ4v) is 1.27.